The molecule has 0 spiro atoms. The zero-order chi connectivity index (χ0) is 20.7. The van der Waals surface area contributed by atoms with Crippen molar-refractivity contribution in [2.24, 2.45) is 0 Å². The van der Waals surface area contributed by atoms with Crippen LogP contribution in [0.25, 0.3) is 0 Å². The highest BCUT2D eigenvalue weighted by atomic mass is 16.6. The third-order valence-corrected chi connectivity index (χ3v) is 6.95. The van der Waals surface area contributed by atoms with Crippen LogP contribution in [0.4, 0.5) is 5.69 Å². The first-order chi connectivity index (χ1) is 13.6. The molecule has 29 heavy (non-hydrogen) atoms. The van der Waals surface area contributed by atoms with Crippen LogP contribution < -0.4 is 14.8 Å². The van der Waals surface area contributed by atoms with Gasteiger partial charge >= 0.3 is 0 Å². The highest BCUT2D eigenvalue weighted by Gasteiger charge is 2.66. The number of nitrogens with one attached hydrogen (secondary N) is 1. The van der Waals surface area contributed by atoms with Crippen molar-refractivity contribution in [3.8, 4) is 11.5 Å². The summed E-state index contributed by atoms with van der Waals surface area (Å²) in [6.07, 6.45) is 4.22. The Morgan fingerprint density at radius 1 is 0.862 bits per heavy atom. The first kappa shape index (κ1) is 18.8. The van der Waals surface area contributed by atoms with Crippen molar-refractivity contribution in [3.05, 3.63) is 53.1 Å². The Bertz CT molecular complexity index is 981. The Morgan fingerprint density at radius 2 is 1.59 bits per heavy atom. The fourth-order valence-electron chi connectivity index (χ4n) is 5.31. The van der Waals surface area contributed by atoms with Gasteiger partial charge in [-0.15, -0.1) is 0 Å². The van der Waals surface area contributed by atoms with E-state index >= 15 is 0 Å². The monoisotopic (exact) mass is 391 g/mol. The van der Waals surface area contributed by atoms with Crippen molar-refractivity contribution in [3.63, 3.8) is 0 Å². The van der Waals surface area contributed by atoms with E-state index in [0.29, 0.717) is 0 Å². The molecular weight excluding hydrogens is 358 g/mol. The molecule has 5 rings (SSSR count). The fourth-order valence-corrected chi connectivity index (χ4v) is 5.31. The molecule has 0 bridgehead atoms. The Kier molecular flexibility index (Phi) is 3.71. The number of para-hydroxylation sites is 1. The average Bonchev–Trinajstić information content (AvgIpc) is 2.93. The van der Waals surface area contributed by atoms with E-state index in [9.17, 15) is 0 Å². The molecule has 0 unspecified atom stereocenters. The quantitative estimate of drug-likeness (QED) is 0.546. The van der Waals surface area contributed by atoms with Gasteiger partial charge in [-0.1, -0.05) is 65.8 Å². The Morgan fingerprint density at radius 3 is 2.31 bits per heavy atom. The molecule has 0 aromatic heterocycles. The van der Waals surface area contributed by atoms with Gasteiger partial charge in [-0.05, 0) is 47.8 Å². The van der Waals surface area contributed by atoms with Crippen LogP contribution in [0, 0.1) is 0 Å². The summed E-state index contributed by atoms with van der Waals surface area (Å²) in [5, 5.41) is 3.75. The lowest BCUT2D eigenvalue weighted by molar-refractivity contribution is -0.147. The molecular formula is C26H33NO2. The topological polar surface area (TPSA) is 30.5 Å². The van der Waals surface area contributed by atoms with Crippen molar-refractivity contribution in [2.75, 3.05) is 5.32 Å². The summed E-state index contributed by atoms with van der Waals surface area (Å²) in [5.41, 5.74) is 3.94. The molecule has 2 aromatic rings. The highest BCUT2D eigenvalue weighted by Crippen LogP contribution is 2.61. The van der Waals surface area contributed by atoms with Gasteiger partial charge < -0.3 is 14.8 Å². The maximum Gasteiger partial charge on any atom is 0.225 e. The van der Waals surface area contributed by atoms with Gasteiger partial charge in [0.1, 0.15) is 0 Å². The first-order valence-corrected chi connectivity index (χ1v) is 11.0. The van der Waals surface area contributed by atoms with E-state index in [0.717, 1.165) is 42.9 Å². The minimum Gasteiger partial charge on any atom is -0.472 e. The van der Waals surface area contributed by atoms with Crippen LogP contribution in [0.5, 0.6) is 11.5 Å². The molecule has 0 amide bonds. The summed E-state index contributed by atoms with van der Waals surface area (Å²) in [6.45, 7) is 13.6. The van der Waals surface area contributed by atoms with Gasteiger partial charge in [-0.2, -0.15) is 0 Å². The Balaban J connectivity index is 1.76. The maximum atomic E-state index is 7.10. The van der Waals surface area contributed by atoms with Crippen LogP contribution in [0.1, 0.15) is 83.9 Å². The molecule has 3 aliphatic rings. The average molecular weight is 392 g/mol. The molecule has 2 atom stereocenters. The second kappa shape index (κ2) is 5.71. The lowest BCUT2D eigenvalue weighted by Gasteiger charge is -2.52. The summed E-state index contributed by atoms with van der Waals surface area (Å²) in [5.74, 6) is 1.82. The normalized spacial score (nSPS) is 27.5. The van der Waals surface area contributed by atoms with Gasteiger partial charge in [0, 0.05) is 23.2 Å². The van der Waals surface area contributed by atoms with Crippen molar-refractivity contribution in [2.45, 2.75) is 89.4 Å². The number of anilines is 1. The predicted molar refractivity (Wildman–Crippen MR) is 118 cm³/mol. The summed E-state index contributed by atoms with van der Waals surface area (Å²) >= 11 is 0. The summed E-state index contributed by atoms with van der Waals surface area (Å²) in [7, 11) is 0. The highest BCUT2D eigenvalue weighted by molar-refractivity contribution is 5.66. The molecule has 3 nitrogen and oxygen atoms in total. The summed E-state index contributed by atoms with van der Waals surface area (Å²) in [4.78, 5) is 0. The number of hydrogen-bond donors (Lipinski definition) is 1. The van der Waals surface area contributed by atoms with Crippen molar-refractivity contribution in [1.29, 1.82) is 0 Å². The van der Waals surface area contributed by atoms with Gasteiger partial charge in [0.25, 0.3) is 0 Å². The molecule has 1 fully saturated rings. The lowest BCUT2D eigenvalue weighted by atomic mass is 9.73. The van der Waals surface area contributed by atoms with E-state index in [2.05, 4.69) is 83.3 Å². The smallest absolute Gasteiger partial charge is 0.225 e. The number of rotatable bonds is 0. The molecule has 0 radical (unpaired) electrons. The molecule has 2 aromatic carbocycles. The van der Waals surface area contributed by atoms with E-state index in [1.54, 1.807) is 0 Å². The van der Waals surface area contributed by atoms with E-state index < -0.39 is 11.3 Å². The third-order valence-electron chi connectivity index (χ3n) is 6.95. The zero-order valence-electron chi connectivity index (χ0n) is 18.6. The lowest BCUT2D eigenvalue weighted by Crippen LogP contribution is -2.63. The Labute approximate surface area is 174 Å². The minimum absolute atomic E-state index is 0.0361. The van der Waals surface area contributed by atoms with Crippen LogP contribution in [0.15, 0.2) is 36.4 Å². The van der Waals surface area contributed by atoms with Gasteiger partial charge in [-0.3, -0.25) is 0 Å². The van der Waals surface area contributed by atoms with Crippen LogP contribution >= 0.6 is 0 Å². The van der Waals surface area contributed by atoms with E-state index in [4.69, 9.17) is 9.47 Å². The minimum atomic E-state index is -0.520. The van der Waals surface area contributed by atoms with Gasteiger partial charge in [-0.25, -0.2) is 0 Å². The van der Waals surface area contributed by atoms with Crippen LogP contribution in [0.3, 0.4) is 0 Å². The maximum absolute atomic E-state index is 7.10. The predicted octanol–water partition coefficient (Wildman–Crippen LogP) is 6.64. The molecule has 1 saturated carbocycles. The zero-order valence-corrected chi connectivity index (χ0v) is 18.6. The van der Waals surface area contributed by atoms with Crippen LogP contribution in [-0.2, 0) is 16.4 Å². The summed E-state index contributed by atoms with van der Waals surface area (Å²) in [6, 6.07) is 13.1. The molecule has 2 heterocycles. The molecule has 1 N–H and O–H groups in total. The fraction of sp³-hybridized carbons (Fsp3) is 0.538. The van der Waals surface area contributed by atoms with E-state index in [1.807, 2.05) is 0 Å². The molecule has 154 valence electrons. The van der Waals surface area contributed by atoms with Gasteiger partial charge in [0.15, 0.2) is 17.1 Å². The van der Waals surface area contributed by atoms with Crippen LogP contribution in [0.2, 0.25) is 0 Å². The van der Waals surface area contributed by atoms with Crippen molar-refractivity contribution in [1.82, 2.24) is 0 Å². The van der Waals surface area contributed by atoms with Gasteiger partial charge in [0.2, 0.25) is 5.72 Å². The van der Waals surface area contributed by atoms with Crippen LogP contribution in [-0.4, -0.2) is 5.72 Å². The second-order valence-corrected chi connectivity index (χ2v) is 11.1. The van der Waals surface area contributed by atoms with E-state index in [-0.39, 0.29) is 10.8 Å². The molecule has 3 heteroatoms. The standard InChI is InChI=1S/C26H33NO2/c1-23(2,3)17-15-19(24(4,5)6)22-21(16-17)28-26-14-10-9-13-25(26,29-22)18-11-7-8-12-20(18)27-26/h7-8,11-12,15-16,27H,9-10,13-14H2,1-6H3/t25-,26-/m0/s1. The third kappa shape index (κ3) is 2.55. The van der Waals surface area contributed by atoms with E-state index in [1.165, 1.54) is 16.7 Å². The number of ether oxygens (including phenoxy) is 2. The number of fused-ring (bicyclic) bond motifs is 2. The second-order valence-electron chi connectivity index (χ2n) is 11.1. The number of benzene rings is 2. The Hall–Kier alpha value is -2.16. The van der Waals surface area contributed by atoms with Gasteiger partial charge in [0.05, 0.1) is 0 Å². The first-order valence-electron chi connectivity index (χ1n) is 11.0. The molecule has 1 aliphatic carbocycles. The molecule has 0 saturated heterocycles. The largest absolute Gasteiger partial charge is 0.472 e. The summed E-state index contributed by atoms with van der Waals surface area (Å²) < 4.78 is 14.1. The SMILES string of the molecule is CC(C)(C)c1cc2c(c(C(C)(C)C)c1)O[C@]13CCCC[C@]1(Nc1ccccc13)O2. The number of hydrogen-bond acceptors (Lipinski definition) is 3. The molecule has 2 aliphatic heterocycles. The van der Waals surface area contributed by atoms with Crippen molar-refractivity contribution >= 4 is 5.69 Å². The van der Waals surface area contributed by atoms with Crippen molar-refractivity contribution < 1.29 is 9.47 Å².